The van der Waals surface area contributed by atoms with E-state index in [4.69, 9.17) is 20.9 Å². The number of anilines is 2. The average molecular weight is 508 g/mol. The summed E-state index contributed by atoms with van der Waals surface area (Å²) >= 11 is 0. The topological polar surface area (TPSA) is 96.8 Å². The second-order valence-corrected chi connectivity index (χ2v) is 7.57. The van der Waals surface area contributed by atoms with E-state index in [0.29, 0.717) is 22.5 Å². The Bertz CT molecular complexity index is 1190. The van der Waals surface area contributed by atoms with Crippen molar-refractivity contribution < 1.29 is 41.0 Å². The summed E-state index contributed by atoms with van der Waals surface area (Å²) in [6, 6.07) is 14.1. The normalized spacial score (nSPS) is 11.9. The molecule has 0 spiro atoms. The molecule has 3 aromatic rings. The Morgan fingerprint density at radius 3 is 2.00 bits per heavy atom. The summed E-state index contributed by atoms with van der Waals surface area (Å²) in [6.45, 7) is -1.56. The summed E-state index contributed by atoms with van der Waals surface area (Å²) in [4.78, 5) is 11.9. The van der Waals surface area contributed by atoms with E-state index in [-0.39, 0.29) is 18.1 Å². The minimum atomic E-state index is -4.54. The summed E-state index contributed by atoms with van der Waals surface area (Å²) in [5.74, 6) is -1.01. The third-order valence-electron chi connectivity index (χ3n) is 4.55. The highest BCUT2D eigenvalue weighted by molar-refractivity contribution is 5.87. The van der Waals surface area contributed by atoms with Crippen LogP contribution in [0.2, 0.25) is 0 Å². The van der Waals surface area contributed by atoms with Gasteiger partial charge in [0.1, 0.15) is 18.1 Å². The predicted octanol–water partition coefficient (Wildman–Crippen LogP) is 5.68. The van der Waals surface area contributed by atoms with Crippen LogP contribution in [0.5, 0.6) is 11.5 Å². The number of benzene rings is 3. The number of carbonyl (C=O) groups excluding carboxylic acids is 1. The summed E-state index contributed by atoms with van der Waals surface area (Å²) in [5.41, 5.74) is 12.8. The number of ether oxygens (including phenoxy) is 3. The molecule has 6 nitrogen and oxygen atoms in total. The molecule has 0 fully saturated rings. The average Bonchev–Trinajstić information content (AvgIpc) is 2.80. The molecule has 3 aromatic carbocycles. The first-order valence-corrected chi connectivity index (χ1v) is 10.4. The number of alkyl halides is 5. The Morgan fingerprint density at radius 2 is 1.42 bits per heavy atom. The zero-order valence-electron chi connectivity index (χ0n) is 18.6. The van der Waals surface area contributed by atoms with E-state index in [2.05, 4.69) is 4.74 Å². The van der Waals surface area contributed by atoms with E-state index in [1.54, 1.807) is 18.2 Å². The highest BCUT2D eigenvalue weighted by Crippen LogP contribution is 2.33. The number of nitrogen functional groups attached to an aromatic ring is 2. The Kier molecular flexibility index (Phi) is 8.03. The van der Waals surface area contributed by atoms with Gasteiger partial charge in [0.15, 0.2) is 6.61 Å². The maximum Gasteiger partial charge on any atom is 0.426 e. The molecule has 3 rings (SSSR count). The van der Waals surface area contributed by atoms with Crippen molar-refractivity contribution in [2.24, 2.45) is 0 Å². The van der Waals surface area contributed by atoms with Gasteiger partial charge < -0.3 is 25.7 Å². The highest BCUT2D eigenvalue weighted by atomic mass is 19.4. The number of carbonyl (C=O) groups is 1. The minimum Gasteiger partial charge on any atom is -0.484 e. The van der Waals surface area contributed by atoms with Crippen molar-refractivity contribution in [2.45, 2.75) is 18.9 Å². The van der Waals surface area contributed by atoms with Gasteiger partial charge in [0, 0.05) is 17.5 Å². The largest absolute Gasteiger partial charge is 0.484 e. The van der Waals surface area contributed by atoms with Gasteiger partial charge in [-0.05, 0) is 71.8 Å². The minimum absolute atomic E-state index is 0.0320. The monoisotopic (exact) mass is 508 g/mol. The molecule has 0 aliphatic heterocycles. The van der Waals surface area contributed by atoms with Gasteiger partial charge >= 0.3 is 18.3 Å². The van der Waals surface area contributed by atoms with E-state index in [0.717, 1.165) is 24.3 Å². The molecule has 0 bridgehead atoms. The fraction of sp³-hybridized carbons (Fsp3) is 0.160. The third-order valence-corrected chi connectivity index (χ3v) is 4.55. The smallest absolute Gasteiger partial charge is 0.426 e. The van der Waals surface area contributed by atoms with Gasteiger partial charge in [-0.2, -0.15) is 22.0 Å². The Balaban J connectivity index is 1.54. The molecule has 0 heterocycles. The first-order valence-electron chi connectivity index (χ1n) is 10.4. The molecule has 11 heteroatoms. The van der Waals surface area contributed by atoms with Crippen molar-refractivity contribution in [3.63, 3.8) is 0 Å². The first-order chi connectivity index (χ1) is 16.9. The number of rotatable bonds is 9. The molecule has 0 radical (unpaired) electrons. The predicted molar refractivity (Wildman–Crippen MR) is 123 cm³/mol. The van der Waals surface area contributed by atoms with Crippen molar-refractivity contribution in [3.05, 3.63) is 89.5 Å². The van der Waals surface area contributed by atoms with Crippen LogP contribution in [0.25, 0.3) is 6.08 Å². The molecule has 190 valence electrons. The lowest BCUT2D eigenvalue weighted by Crippen LogP contribution is -2.22. The van der Waals surface area contributed by atoms with Crippen molar-refractivity contribution in [2.75, 3.05) is 18.1 Å². The number of esters is 1. The van der Waals surface area contributed by atoms with Gasteiger partial charge in [0.25, 0.3) is 0 Å². The molecular weight excluding hydrogens is 487 g/mol. The Morgan fingerprint density at radius 1 is 0.833 bits per heavy atom. The lowest BCUT2D eigenvalue weighted by Gasteiger charge is -2.19. The molecule has 0 amide bonds. The molecule has 36 heavy (non-hydrogen) atoms. The van der Waals surface area contributed by atoms with Crippen molar-refractivity contribution >= 4 is 23.4 Å². The van der Waals surface area contributed by atoms with Crippen LogP contribution in [-0.2, 0) is 22.2 Å². The van der Waals surface area contributed by atoms with Gasteiger partial charge in [-0.3, -0.25) is 0 Å². The maximum absolute atomic E-state index is 14.4. The standard InChI is InChI=1S/C25H21F5N2O4/c26-24(27,28)15-35-21-8-4-18(5-9-21)25(29,30)36-22-6-1-16(2-7-22)3-10-23(33)34-14-17-11-19(31)13-20(32)12-17/h1-13H,14-15,31-32H2/b10-3+. The van der Waals surface area contributed by atoms with Crippen molar-refractivity contribution in [1.82, 2.24) is 0 Å². The van der Waals surface area contributed by atoms with Crippen LogP contribution in [0.15, 0.2) is 72.8 Å². The van der Waals surface area contributed by atoms with E-state index < -0.39 is 30.4 Å². The summed E-state index contributed by atoms with van der Waals surface area (Å²) in [6.07, 6.45) is -5.70. The molecule has 0 saturated carbocycles. The molecule has 0 aliphatic carbocycles. The SMILES string of the molecule is Nc1cc(N)cc(COC(=O)/C=C/c2ccc(OC(F)(F)c3ccc(OCC(F)(F)F)cc3)cc2)c1. The van der Waals surface area contributed by atoms with Crippen LogP contribution in [-0.4, -0.2) is 18.8 Å². The molecule has 0 aliphatic rings. The van der Waals surface area contributed by atoms with Crippen LogP contribution in [0.1, 0.15) is 16.7 Å². The van der Waals surface area contributed by atoms with Crippen LogP contribution >= 0.6 is 0 Å². The molecule has 0 atom stereocenters. The summed E-state index contributed by atoms with van der Waals surface area (Å²) in [5, 5.41) is 0. The van der Waals surface area contributed by atoms with Gasteiger partial charge in [0.05, 0.1) is 5.56 Å². The quantitative estimate of drug-likeness (QED) is 0.167. The fourth-order valence-corrected chi connectivity index (χ4v) is 2.96. The van der Waals surface area contributed by atoms with Gasteiger partial charge in [0.2, 0.25) is 0 Å². The van der Waals surface area contributed by atoms with Crippen LogP contribution in [0.4, 0.5) is 33.3 Å². The van der Waals surface area contributed by atoms with Gasteiger partial charge in [-0.25, -0.2) is 4.79 Å². The van der Waals surface area contributed by atoms with E-state index in [1.807, 2.05) is 0 Å². The maximum atomic E-state index is 14.4. The van der Waals surface area contributed by atoms with Crippen molar-refractivity contribution in [3.8, 4) is 11.5 Å². The van der Waals surface area contributed by atoms with Crippen LogP contribution in [0, 0.1) is 0 Å². The molecule has 0 aromatic heterocycles. The molecular formula is C25H21F5N2O4. The van der Waals surface area contributed by atoms with E-state index in [9.17, 15) is 26.7 Å². The summed E-state index contributed by atoms with van der Waals surface area (Å²) in [7, 11) is 0. The van der Waals surface area contributed by atoms with Crippen LogP contribution in [0.3, 0.4) is 0 Å². The number of halogens is 5. The molecule has 4 N–H and O–H groups in total. The molecule has 0 saturated heterocycles. The second-order valence-electron chi connectivity index (χ2n) is 7.57. The second kappa shape index (κ2) is 11.0. The van der Waals surface area contributed by atoms with Crippen LogP contribution < -0.4 is 20.9 Å². The molecule has 0 unspecified atom stereocenters. The summed E-state index contributed by atoms with van der Waals surface area (Å²) < 4.78 is 79.8. The van der Waals surface area contributed by atoms with Gasteiger partial charge in [-0.1, -0.05) is 12.1 Å². The zero-order chi connectivity index (χ0) is 26.3. The number of hydrogen-bond donors (Lipinski definition) is 2. The fourth-order valence-electron chi connectivity index (χ4n) is 2.96. The first kappa shape index (κ1) is 26.3. The number of nitrogens with two attached hydrogens (primary N) is 2. The van der Waals surface area contributed by atoms with Crippen molar-refractivity contribution in [1.29, 1.82) is 0 Å². The van der Waals surface area contributed by atoms with Gasteiger partial charge in [-0.15, -0.1) is 0 Å². The Labute approximate surface area is 202 Å². The lowest BCUT2D eigenvalue weighted by atomic mass is 10.2. The highest BCUT2D eigenvalue weighted by Gasteiger charge is 2.34. The lowest BCUT2D eigenvalue weighted by molar-refractivity contribution is -0.185. The number of hydrogen-bond acceptors (Lipinski definition) is 6. The Hall–Kier alpha value is -4.28. The third kappa shape index (κ3) is 8.19. The zero-order valence-corrected chi connectivity index (χ0v) is 18.6. The van der Waals surface area contributed by atoms with E-state index in [1.165, 1.54) is 36.4 Å². The van der Waals surface area contributed by atoms with E-state index >= 15 is 0 Å².